The smallest absolute Gasteiger partial charge is 0.274 e. The van der Waals surface area contributed by atoms with Gasteiger partial charge in [0, 0.05) is 6.42 Å². The number of rotatable bonds is 3. The number of hydrogen-bond donors (Lipinski definition) is 0. The summed E-state index contributed by atoms with van der Waals surface area (Å²) in [7, 11) is 0. The van der Waals surface area contributed by atoms with Crippen LogP contribution in [0.15, 0.2) is 48.6 Å². The van der Waals surface area contributed by atoms with Crippen LogP contribution in [0.5, 0.6) is 0 Å². The predicted molar refractivity (Wildman–Crippen MR) is 84.7 cm³/mol. The first kappa shape index (κ1) is 17.0. The highest BCUT2D eigenvalue weighted by molar-refractivity contribution is 6.07. The van der Waals surface area contributed by atoms with E-state index >= 15 is 0 Å². The van der Waals surface area contributed by atoms with Gasteiger partial charge in [0.05, 0.1) is 23.4 Å². The van der Waals surface area contributed by atoms with Gasteiger partial charge >= 0.3 is 6.18 Å². The SMILES string of the molecule is C#CCC(c1ccc(C(F)(F)F)cc1)N1C(=O)C2C=CC=CC2C1=O. The van der Waals surface area contributed by atoms with Crippen LogP contribution in [-0.4, -0.2) is 16.7 Å². The summed E-state index contributed by atoms with van der Waals surface area (Å²) in [6, 6.07) is 3.60. The first-order chi connectivity index (χ1) is 11.8. The van der Waals surface area contributed by atoms with E-state index in [0.717, 1.165) is 17.0 Å². The van der Waals surface area contributed by atoms with Gasteiger partial charge in [-0.2, -0.15) is 13.2 Å². The van der Waals surface area contributed by atoms with E-state index in [0.29, 0.717) is 5.56 Å². The first-order valence-corrected chi connectivity index (χ1v) is 7.67. The molecule has 6 heteroatoms. The molecule has 1 aromatic rings. The van der Waals surface area contributed by atoms with Gasteiger partial charge in [0.25, 0.3) is 0 Å². The Morgan fingerprint density at radius 3 is 2.00 bits per heavy atom. The summed E-state index contributed by atoms with van der Waals surface area (Å²) in [5, 5.41) is 0. The molecule has 2 aliphatic rings. The number of carbonyl (C=O) groups is 2. The fraction of sp³-hybridized carbons (Fsp3) is 0.263. The van der Waals surface area contributed by atoms with Crippen molar-refractivity contribution in [2.75, 3.05) is 0 Å². The maximum atomic E-state index is 12.7. The van der Waals surface area contributed by atoms with Crippen molar-refractivity contribution >= 4 is 11.8 Å². The maximum Gasteiger partial charge on any atom is 0.416 e. The Kier molecular flexibility index (Phi) is 4.25. The van der Waals surface area contributed by atoms with Crippen LogP contribution in [0.25, 0.3) is 0 Å². The molecule has 0 bridgehead atoms. The summed E-state index contributed by atoms with van der Waals surface area (Å²) in [6.45, 7) is 0. The Morgan fingerprint density at radius 1 is 1.04 bits per heavy atom. The number of amides is 2. The van der Waals surface area contributed by atoms with Gasteiger partial charge in [-0.05, 0) is 17.7 Å². The van der Waals surface area contributed by atoms with Crippen molar-refractivity contribution in [1.29, 1.82) is 0 Å². The summed E-state index contributed by atoms with van der Waals surface area (Å²) in [6.07, 6.45) is 7.66. The summed E-state index contributed by atoms with van der Waals surface area (Å²) in [4.78, 5) is 26.4. The number of hydrogen-bond acceptors (Lipinski definition) is 2. The lowest BCUT2D eigenvalue weighted by molar-refractivity contribution is -0.142. The Hall–Kier alpha value is -2.81. The molecule has 0 saturated carbocycles. The van der Waals surface area contributed by atoms with Crippen LogP contribution in [-0.2, 0) is 15.8 Å². The lowest BCUT2D eigenvalue weighted by atomic mass is 9.91. The molecule has 1 saturated heterocycles. The zero-order chi connectivity index (χ0) is 18.2. The number of alkyl halides is 3. The predicted octanol–water partition coefficient (Wildman–Crippen LogP) is 3.50. The zero-order valence-electron chi connectivity index (χ0n) is 13.0. The summed E-state index contributed by atoms with van der Waals surface area (Å²) in [5.74, 6) is 0.495. The van der Waals surface area contributed by atoms with Crippen LogP contribution in [0.2, 0.25) is 0 Å². The van der Waals surface area contributed by atoms with E-state index in [1.54, 1.807) is 24.3 Å². The highest BCUT2D eigenvalue weighted by Crippen LogP contribution is 2.38. The van der Waals surface area contributed by atoms with Crippen molar-refractivity contribution in [3.8, 4) is 12.3 Å². The van der Waals surface area contributed by atoms with Gasteiger partial charge < -0.3 is 0 Å². The highest BCUT2D eigenvalue weighted by Gasteiger charge is 2.48. The fourth-order valence-electron chi connectivity index (χ4n) is 3.18. The third kappa shape index (κ3) is 2.98. The van der Waals surface area contributed by atoms with Crippen molar-refractivity contribution in [2.45, 2.75) is 18.6 Å². The lowest BCUT2D eigenvalue weighted by Gasteiger charge is -2.26. The minimum Gasteiger partial charge on any atom is -0.274 e. The number of carbonyl (C=O) groups excluding carboxylic acids is 2. The summed E-state index contributed by atoms with van der Waals surface area (Å²) >= 11 is 0. The Bertz CT molecular complexity index is 769. The van der Waals surface area contributed by atoms with Gasteiger partial charge in [0.15, 0.2) is 0 Å². The van der Waals surface area contributed by atoms with E-state index in [1.807, 2.05) is 0 Å². The van der Waals surface area contributed by atoms with E-state index < -0.39 is 29.6 Å². The Morgan fingerprint density at radius 2 is 1.56 bits per heavy atom. The van der Waals surface area contributed by atoms with Gasteiger partial charge in [-0.3, -0.25) is 14.5 Å². The number of imide groups is 1. The van der Waals surface area contributed by atoms with E-state index in [9.17, 15) is 22.8 Å². The number of likely N-dealkylation sites (tertiary alicyclic amines) is 1. The van der Waals surface area contributed by atoms with Crippen LogP contribution in [0, 0.1) is 24.2 Å². The second-order valence-corrected chi connectivity index (χ2v) is 5.91. The second kappa shape index (κ2) is 6.25. The molecule has 0 aromatic heterocycles. The number of allylic oxidation sites excluding steroid dienone is 2. The van der Waals surface area contributed by atoms with E-state index in [-0.39, 0.29) is 18.2 Å². The third-order valence-electron chi connectivity index (χ3n) is 4.43. The van der Waals surface area contributed by atoms with Gasteiger partial charge in [0.2, 0.25) is 11.8 Å². The van der Waals surface area contributed by atoms with Crippen LogP contribution in [0.3, 0.4) is 0 Å². The minimum absolute atomic E-state index is 0.0374. The van der Waals surface area contributed by atoms with Crippen LogP contribution < -0.4 is 0 Å². The molecule has 1 aliphatic heterocycles. The summed E-state index contributed by atoms with van der Waals surface area (Å²) < 4.78 is 38.2. The van der Waals surface area contributed by atoms with Crippen molar-refractivity contribution in [3.05, 3.63) is 59.7 Å². The second-order valence-electron chi connectivity index (χ2n) is 5.91. The normalized spacial score (nSPS) is 23.5. The van der Waals surface area contributed by atoms with Crippen LogP contribution >= 0.6 is 0 Å². The average molecular weight is 345 g/mol. The molecular weight excluding hydrogens is 331 g/mol. The molecule has 3 rings (SSSR count). The molecule has 128 valence electrons. The van der Waals surface area contributed by atoms with Crippen molar-refractivity contribution < 1.29 is 22.8 Å². The molecule has 2 amide bonds. The largest absolute Gasteiger partial charge is 0.416 e. The van der Waals surface area contributed by atoms with Crippen LogP contribution in [0.1, 0.15) is 23.6 Å². The van der Waals surface area contributed by atoms with Crippen molar-refractivity contribution in [1.82, 2.24) is 4.90 Å². The monoisotopic (exact) mass is 345 g/mol. The number of fused-ring (bicyclic) bond motifs is 1. The molecule has 0 spiro atoms. The molecule has 3 nitrogen and oxygen atoms in total. The molecule has 1 heterocycles. The molecule has 0 N–H and O–H groups in total. The summed E-state index contributed by atoms with van der Waals surface area (Å²) in [5.41, 5.74) is -0.395. The lowest BCUT2D eigenvalue weighted by Crippen LogP contribution is -2.35. The van der Waals surface area contributed by atoms with Gasteiger partial charge in [0.1, 0.15) is 0 Å². The molecule has 1 fully saturated rings. The number of benzene rings is 1. The Labute approximate surface area is 142 Å². The zero-order valence-corrected chi connectivity index (χ0v) is 13.0. The van der Waals surface area contributed by atoms with Crippen molar-refractivity contribution in [3.63, 3.8) is 0 Å². The topological polar surface area (TPSA) is 37.4 Å². The number of halogens is 3. The maximum absolute atomic E-state index is 12.7. The standard InChI is InChI=1S/C19H14F3NO2/c1-2-5-16(12-8-10-13(11-9-12)19(20,21)22)23-17(24)14-6-3-4-7-15(14)18(23)25/h1,3-4,6-11,14-16H,5H2. The third-order valence-corrected chi connectivity index (χ3v) is 4.43. The number of nitrogens with zero attached hydrogens (tertiary/aromatic N) is 1. The molecular formula is C19H14F3NO2. The van der Waals surface area contributed by atoms with Gasteiger partial charge in [-0.15, -0.1) is 12.3 Å². The van der Waals surface area contributed by atoms with E-state index in [4.69, 9.17) is 6.42 Å². The fourth-order valence-corrected chi connectivity index (χ4v) is 3.18. The van der Waals surface area contributed by atoms with Gasteiger partial charge in [-0.1, -0.05) is 36.4 Å². The molecule has 0 radical (unpaired) electrons. The average Bonchev–Trinajstić information content (AvgIpc) is 2.84. The van der Waals surface area contributed by atoms with Crippen LogP contribution in [0.4, 0.5) is 13.2 Å². The quantitative estimate of drug-likeness (QED) is 0.621. The highest BCUT2D eigenvalue weighted by atomic mass is 19.4. The van der Waals surface area contributed by atoms with E-state index in [2.05, 4.69) is 5.92 Å². The van der Waals surface area contributed by atoms with Gasteiger partial charge in [-0.25, -0.2) is 0 Å². The molecule has 3 atom stereocenters. The molecule has 1 aliphatic carbocycles. The molecule has 3 unspecified atom stereocenters. The molecule has 25 heavy (non-hydrogen) atoms. The first-order valence-electron chi connectivity index (χ1n) is 7.67. The van der Waals surface area contributed by atoms with Crippen molar-refractivity contribution in [2.24, 2.45) is 11.8 Å². The van der Waals surface area contributed by atoms with E-state index in [1.165, 1.54) is 12.1 Å². The minimum atomic E-state index is -4.45. The molecule has 1 aromatic carbocycles. The Balaban J connectivity index is 1.95. The number of terminal acetylenes is 1.